The fraction of sp³-hybridized carbons (Fsp3) is 0.423. The highest BCUT2D eigenvalue weighted by molar-refractivity contribution is 6.72. The number of anilines is 2. The van der Waals surface area contributed by atoms with E-state index in [-0.39, 0.29) is 24.8 Å². The average molecular weight is 496 g/mol. The minimum Gasteiger partial charge on any atom is -0.396 e. The first-order valence-electron chi connectivity index (χ1n) is 12.1. The molecule has 1 spiro atoms. The maximum atomic E-state index is 15.5. The molecule has 35 heavy (non-hydrogen) atoms. The standard InChI is InChI=1S/C26H30FN3O4Si/c1-16-24(35(2,3)27)22(13-14-31)34-26(16)19-15-18(9-10-21(19)28-25(26)33)30-23(32)12-11-20(29-30)17-7-5-4-6-8-17/h4-10,15-16,22,24,31H,11-14H2,1-3H3,(H,28,33)/t16-,22+,24-,26+/m0/s1. The van der Waals surface area contributed by atoms with E-state index in [9.17, 15) is 14.7 Å². The Balaban J connectivity index is 1.58. The summed E-state index contributed by atoms with van der Waals surface area (Å²) in [4.78, 5) is 26.2. The van der Waals surface area contributed by atoms with E-state index in [0.717, 1.165) is 11.3 Å². The lowest BCUT2D eigenvalue weighted by atomic mass is 9.82. The number of hydrogen-bond donors (Lipinski definition) is 2. The second-order valence-corrected chi connectivity index (χ2v) is 13.9. The second kappa shape index (κ2) is 8.65. The number of benzene rings is 2. The third-order valence-electron chi connectivity index (χ3n) is 7.50. The average Bonchev–Trinajstić information content (AvgIpc) is 3.28. The summed E-state index contributed by atoms with van der Waals surface area (Å²) in [5.74, 6) is -0.911. The van der Waals surface area contributed by atoms with Crippen molar-refractivity contribution in [2.75, 3.05) is 16.9 Å². The normalized spacial score (nSPS) is 28.3. The lowest BCUT2D eigenvalue weighted by Gasteiger charge is -2.31. The van der Waals surface area contributed by atoms with Crippen molar-refractivity contribution in [3.8, 4) is 0 Å². The highest BCUT2D eigenvalue weighted by Gasteiger charge is 2.65. The SMILES string of the molecule is C[C@H]1[C@H]([Si](C)(C)F)[C@@H](CCO)O[C@]12C(=O)Nc1ccc(N3N=C(c4ccccc4)CCC3=O)cc12. The van der Waals surface area contributed by atoms with E-state index >= 15 is 4.11 Å². The molecular weight excluding hydrogens is 465 g/mol. The Labute approximate surface area is 205 Å². The number of carbonyl (C=O) groups excluding carboxylic acids is 2. The molecule has 3 aliphatic heterocycles. The summed E-state index contributed by atoms with van der Waals surface area (Å²) in [6.45, 7) is 4.95. The van der Waals surface area contributed by atoms with Gasteiger partial charge in [0, 0.05) is 42.2 Å². The van der Waals surface area contributed by atoms with Crippen LogP contribution in [0.15, 0.2) is 53.6 Å². The monoisotopic (exact) mass is 495 g/mol. The number of fused-ring (bicyclic) bond motifs is 2. The van der Waals surface area contributed by atoms with Gasteiger partial charge < -0.3 is 19.3 Å². The maximum Gasteiger partial charge on any atom is 0.261 e. The molecule has 0 bridgehead atoms. The van der Waals surface area contributed by atoms with Crippen LogP contribution in [0, 0.1) is 5.92 Å². The minimum absolute atomic E-state index is 0.135. The van der Waals surface area contributed by atoms with Gasteiger partial charge in [-0.2, -0.15) is 5.10 Å². The number of nitrogens with zero attached hydrogens (tertiary/aromatic N) is 2. The molecule has 1 fully saturated rings. The lowest BCUT2D eigenvalue weighted by Crippen LogP contribution is -2.42. The van der Waals surface area contributed by atoms with Gasteiger partial charge in [-0.1, -0.05) is 37.3 Å². The molecule has 7 nitrogen and oxygen atoms in total. The predicted molar refractivity (Wildman–Crippen MR) is 135 cm³/mol. The molecule has 9 heteroatoms. The smallest absolute Gasteiger partial charge is 0.261 e. The third kappa shape index (κ3) is 3.82. The molecule has 2 aromatic rings. The molecule has 2 amide bonds. The van der Waals surface area contributed by atoms with Crippen molar-refractivity contribution in [2.24, 2.45) is 11.0 Å². The van der Waals surface area contributed by atoms with Gasteiger partial charge in [-0.05, 0) is 43.3 Å². The van der Waals surface area contributed by atoms with Gasteiger partial charge >= 0.3 is 0 Å². The number of aliphatic hydroxyl groups excluding tert-OH is 1. The fourth-order valence-corrected chi connectivity index (χ4v) is 8.52. The van der Waals surface area contributed by atoms with Crippen LogP contribution in [0.5, 0.6) is 0 Å². The molecule has 5 rings (SSSR count). The van der Waals surface area contributed by atoms with Crippen molar-refractivity contribution in [1.82, 2.24) is 0 Å². The van der Waals surface area contributed by atoms with Crippen LogP contribution in [0.4, 0.5) is 15.5 Å². The van der Waals surface area contributed by atoms with E-state index in [0.29, 0.717) is 29.8 Å². The molecule has 1 saturated heterocycles. The van der Waals surface area contributed by atoms with Gasteiger partial charge in [0.2, 0.25) is 14.3 Å². The largest absolute Gasteiger partial charge is 0.396 e. The zero-order chi connectivity index (χ0) is 25.0. The van der Waals surface area contributed by atoms with Gasteiger partial charge in [0.05, 0.1) is 17.5 Å². The first-order valence-corrected chi connectivity index (χ1v) is 15.0. The molecule has 184 valence electrons. The summed E-state index contributed by atoms with van der Waals surface area (Å²) in [6, 6.07) is 15.0. The number of carbonyl (C=O) groups is 2. The van der Waals surface area contributed by atoms with Crippen molar-refractivity contribution in [1.29, 1.82) is 0 Å². The van der Waals surface area contributed by atoms with Gasteiger partial charge in [0.1, 0.15) is 0 Å². The lowest BCUT2D eigenvalue weighted by molar-refractivity contribution is -0.143. The van der Waals surface area contributed by atoms with Crippen LogP contribution in [0.25, 0.3) is 0 Å². The van der Waals surface area contributed by atoms with Crippen molar-refractivity contribution in [3.05, 3.63) is 59.7 Å². The Hall–Kier alpha value is -2.88. The number of amides is 2. The first kappa shape index (κ1) is 23.8. The Bertz CT molecular complexity index is 1200. The molecule has 3 heterocycles. The van der Waals surface area contributed by atoms with Crippen LogP contribution in [-0.4, -0.2) is 43.8 Å². The van der Waals surface area contributed by atoms with Crippen LogP contribution < -0.4 is 10.3 Å². The quantitative estimate of drug-likeness (QED) is 0.477. The summed E-state index contributed by atoms with van der Waals surface area (Å²) in [7, 11) is -3.24. The summed E-state index contributed by atoms with van der Waals surface area (Å²) in [6.07, 6.45) is 0.563. The van der Waals surface area contributed by atoms with Crippen LogP contribution in [0.1, 0.15) is 37.3 Å². The summed E-state index contributed by atoms with van der Waals surface area (Å²) < 4.78 is 21.8. The zero-order valence-electron chi connectivity index (χ0n) is 20.1. The molecule has 0 aromatic heterocycles. The van der Waals surface area contributed by atoms with E-state index in [1.807, 2.05) is 37.3 Å². The van der Waals surface area contributed by atoms with Crippen LogP contribution in [-0.2, 0) is 19.9 Å². The van der Waals surface area contributed by atoms with Crippen molar-refractivity contribution < 1.29 is 23.5 Å². The number of halogens is 1. The molecule has 2 aromatic carbocycles. The zero-order valence-corrected chi connectivity index (χ0v) is 21.1. The van der Waals surface area contributed by atoms with Gasteiger partial charge in [-0.3, -0.25) is 9.59 Å². The van der Waals surface area contributed by atoms with Crippen LogP contribution in [0.3, 0.4) is 0 Å². The number of aliphatic hydroxyl groups is 1. The summed E-state index contributed by atoms with van der Waals surface area (Å²) in [5.41, 5.74) is 1.64. The van der Waals surface area contributed by atoms with E-state index in [2.05, 4.69) is 10.4 Å². The number of hydrazone groups is 1. The Morgan fingerprint density at radius 3 is 2.63 bits per heavy atom. The Morgan fingerprint density at radius 2 is 1.94 bits per heavy atom. The van der Waals surface area contributed by atoms with Crippen molar-refractivity contribution in [3.63, 3.8) is 0 Å². The van der Waals surface area contributed by atoms with Gasteiger partial charge in [0.25, 0.3) is 5.91 Å². The molecule has 0 radical (unpaired) electrons. The van der Waals surface area contributed by atoms with Crippen LogP contribution >= 0.6 is 0 Å². The highest BCUT2D eigenvalue weighted by Crippen LogP contribution is 2.59. The fourth-order valence-electron chi connectivity index (χ4n) is 5.98. The molecule has 0 unspecified atom stereocenters. The number of ether oxygens (including phenoxy) is 1. The van der Waals surface area contributed by atoms with Gasteiger partial charge in [-0.25, -0.2) is 5.01 Å². The molecular formula is C26H30FN3O4Si. The Morgan fingerprint density at radius 1 is 1.20 bits per heavy atom. The molecule has 0 aliphatic carbocycles. The van der Waals surface area contributed by atoms with Gasteiger partial charge in [-0.15, -0.1) is 0 Å². The molecule has 0 saturated carbocycles. The number of rotatable bonds is 5. The first-order chi connectivity index (χ1) is 16.7. The molecule has 2 N–H and O–H groups in total. The topological polar surface area (TPSA) is 91.2 Å². The number of nitrogens with one attached hydrogen (secondary N) is 1. The van der Waals surface area contributed by atoms with Crippen LogP contribution in [0.2, 0.25) is 18.6 Å². The van der Waals surface area contributed by atoms with E-state index in [1.54, 1.807) is 31.3 Å². The molecule has 4 atom stereocenters. The van der Waals surface area contributed by atoms with E-state index in [1.165, 1.54) is 5.01 Å². The second-order valence-electron chi connectivity index (χ2n) is 10.1. The minimum atomic E-state index is -3.24. The van der Waals surface area contributed by atoms with Crippen molar-refractivity contribution >= 4 is 37.3 Å². The van der Waals surface area contributed by atoms with E-state index in [4.69, 9.17) is 4.74 Å². The predicted octanol–water partition coefficient (Wildman–Crippen LogP) is 4.33. The Kier molecular flexibility index (Phi) is 5.89. The summed E-state index contributed by atoms with van der Waals surface area (Å²) in [5, 5.41) is 18.5. The van der Waals surface area contributed by atoms with E-state index < -0.39 is 31.6 Å². The molecule has 3 aliphatic rings. The van der Waals surface area contributed by atoms with Gasteiger partial charge in [0.15, 0.2) is 5.60 Å². The summed E-state index contributed by atoms with van der Waals surface area (Å²) >= 11 is 0. The maximum absolute atomic E-state index is 15.5. The van der Waals surface area contributed by atoms with Crippen molar-refractivity contribution in [2.45, 2.75) is 56.5 Å². The third-order valence-corrected chi connectivity index (χ3v) is 9.95. The highest BCUT2D eigenvalue weighted by atomic mass is 28.4. The number of hydrogen-bond acceptors (Lipinski definition) is 5.